The molecule has 1 aliphatic heterocycles. The van der Waals surface area contributed by atoms with Gasteiger partial charge in [0.15, 0.2) is 0 Å². The molecule has 1 saturated heterocycles. The highest BCUT2D eigenvalue weighted by molar-refractivity contribution is 5.75. The van der Waals surface area contributed by atoms with E-state index in [9.17, 15) is 4.79 Å². The van der Waals surface area contributed by atoms with Crippen LogP contribution in [-0.4, -0.2) is 37.5 Å². The lowest BCUT2D eigenvalue weighted by molar-refractivity contribution is -0.130. The van der Waals surface area contributed by atoms with Gasteiger partial charge in [-0.3, -0.25) is 4.79 Å². The van der Waals surface area contributed by atoms with Gasteiger partial charge in [-0.15, -0.1) is 0 Å². The average Bonchev–Trinajstić information content (AvgIpc) is 2.34. The zero-order valence-corrected chi connectivity index (χ0v) is 10.8. The SMILES string of the molecule is CCCCN(C)C(=O)CCC1CCCNC1. The second-order valence-electron chi connectivity index (χ2n) is 4.92. The van der Waals surface area contributed by atoms with Crippen molar-refractivity contribution in [2.75, 3.05) is 26.7 Å². The fourth-order valence-electron chi connectivity index (χ4n) is 2.21. The van der Waals surface area contributed by atoms with E-state index in [0.29, 0.717) is 5.91 Å². The molecule has 1 rings (SSSR count). The summed E-state index contributed by atoms with van der Waals surface area (Å²) in [5.74, 6) is 1.04. The van der Waals surface area contributed by atoms with Crippen LogP contribution in [0, 0.1) is 5.92 Å². The standard InChI is InChI=1S/C13H26N2O/c1-3-4-10-15(2)13(16)8-7-12-6-5-9-14-11-12/h12,14H,3-11H2,1-2H3. The number of rotatable bonds is 6. The summed E-state index contributed by atoms with van der Waals surface area (Å²) in [6.07, 6.45) is 6.62. The molecule has 0 aromatic heterocycles. The van der Waals surface area contributed by atoms with Gasteiger partial charge in [0.2, 0.25) is 5.91 Å². The third kappa shape index (κ3) is 4.97. The first-order valence-corrected chi connectivity index (χ1v) is 6.68. The molecule has 1 fully saturated rings. The molecular formula is C13H26N2O. The second kappa shape index (κ2) is 7.66. The van der Waals surface area contributed by atoms with Gasteiger partial charge in [-0.2, -0.15) is 0 Å². The summed E-state index contributed by atoms with van der Waals surface area (Å²) in [4.78, 5) is 13.7. The number of amides is 1. The summed E-state index contributed by atoms with van der Waals surface area (Å²) in [5.41, 5.74) is 0. The van der Waals surface area contributed by atoms with Crippen molar-refractivity contribution < 1.29 is 4.79 Å². The molecule has 0 radical (unpaired) electrons. The van der Waals surface area contributed by atoms with Crippen LogP contribution in [0.15, 0.2) is 0 Å². The Hall–Kier alpha value is -0.570. The van der Waals surface area contributed by atoms with Crippen molar-refractivity contribution in [3.8, 4) is 0 Å². The molecule has 1 unspecified atom stereocenters. The minimum atomic E-state index is 0.319. The lowest BCUT2D eigenvalue weighted by Crippen LogP contribution is -2.32. The minimum absolute atomic E-state index is 0.319. The summed E-state index contributed by atoms with van der Waals surface area (Å²) in [7, 11) is 1.93. The molecule has 0 spiro atoms. The Kier molecular flexibility index (Phi) is 6.46. The molecule has 0 aromatic rings. The average molecular weight is 226 g/mol. The van der Waals surface area contributed by atoms with E-state index < -0.39 is 0 Å². The van der Waals surface area contributed by atoms with E-state index in [0.717, 1.165) is 51.2 Å². The van der Waals surface area contributed by atoms with Crippen molar-refractivity contribution in [3.05, 3.63) is 0 Å². The molecule has 16 heavy (non-hydrogen) atoms. The first-order chi connectivity index (χ1) is 7.74. The van der Waals surface area contributed by atoms with Crippen LogP contribution >= 0.6 is 0 Å². The first-order valence-electron chi connectivity index (χ1n) is 6.68. The zero-order valence-electron chi connectivity index (χ0n) is 10.8. The van der Waals surface area contributed by atoms with Crippen molar-refractivity contribution in [1.29, 1.82) is 0 Å². The molecule has 1 heterocycles. The van der Waals surface area contributed by atoms with Gasteiger partial charge in [-0.05, 0) is 44.7 Å². The number of nitrogens with zero attached hydrogens (tertiary/aromatic N) is 1. The summed E-state index contributed by atoms with van der Waals surface area (Å²) < 4.78 is 0. The summed E-state index contributed by atoms with van der Waals surface area (Å²) in [6.45, 7) is 5.33. The highest BCUT2D eigenvalue weighted by Gasteiger charge is 2.15. The van der Waals surface area contributed by atoms with Gasteiger partial charge in [0.25, 0.3) is 0 Å². The van der Waals surface area contributed by atoms with Crippen LogP contribution in [0.4, 0.5) is 0 Å². The second-order valence-corrected chi connectivity index (χ2v) is 4.92. The van der Waals surface area contributed by atoms with Gasteiger partial charge >= 0.3 is 0 Å². The molecule has 1 amide bonds. The first kappa shape index (κ1) is 13.5. The summed E-state index contributed by atoms with van der Waals surface area (Å²) in [5, 5.41) is 3.40. The van der Waals surface area contributed by atoms with Crippen molar-refractivity contribution >= 4 is 5.91 Å². The molecule has 94 valence electrons. The van der Waals surface area contributed by atoms with Gasteiger partial charge in [-0.1, -0.05) is 13.3 Å². The number of hydrogen-bond acceptors (Lipinski definition) is 2. The molecule has 1 aliphatic rings. The number of piperidine rings is 1. The van der Waals surface area contributed by atoms with Gasteiger partial charge in [0.05, 0.1) is 0 Å². The number of nitrogens with one attached hydrogen (secondary N) is 1. The van der Waals surface area contributed by atoms with Crippen molar-refractivity contribution in [2.45, 2.75) is 45.4 Å². The van der Waals surface area contributed by atoms with Crippen LogP contribution in [0.2, 0.25) is 0 Å². The predicted octanol–water partition coefficient (Wildman–Crippen LogP) is 2.02. The molecule has 1 N–H and O–H groups in total. The Balaban J connectivity index is 2.12. The van der Waals surface area contributed by atoms with Gasteiger partial charge in [-0.25, -0.2) is 0 Å². The largest absolute Gasteiger partial charge is 0.346 e. The Labute approximate surface area is 99.6 Å². The number of carbonyl (C=O) groups excluding carboxylic acids is 1. The van der Waals surface area contributed by atoms with E-state index in [4.69, 9.17) is 0 Å². The van der Waals surface area contributed by atoms with Crippen LogP contribution in [-0.2, 0) is 4.79 Å². The Morgan fingerprint density at radius 1 is 1.50 bits per heavy atom. The molecule has 0 aliphatic carbocycles. The maximum absolute atomic E-state index is 11.8. The Bertz CT molecular complexity index is 200. The van der Waals surface area contributed by atoms with Crippen molar-refractivity contribution in [2.24, 2.45) is 5.92 Å². The third-order valence-corrected chi connectivity index (χ3v) is 3.44. The number of hydrogen-bond donors (Lipinski definition) is 1. The third-order valence-electron chi connectivity index (χ3n) is 3.44. The topological polar surface area (TPSA) is 32.3 Å². The molecule has 0 aromatic carbocycles. The molecule has 1 atom stereocenters. The number of unbranched alkanes of at least 4 members (excludes halogenated alkanes) is 1. The van der Waals surface area contributed by atoms with Crippen LogP contribution in [0.3, 0.4) is 0 Å². The lowest BCUT2D eigenvalue weighted by Gasteiger charge is -2.23. The predicted molar refractivity (Wildman–Crippen MR) is 67.4 cm³/mol. The highest BCUT2D eigenvalue weighted by atomic mass is 16.2. The maximum Gasteiger partial charge on any atom is 0.222 e. The molecule has 0 bridgehead atoms. The van der Waals surface area contributed by atoms with Crippen LogP contribution in [0.25, 0.3) is 0 Å². The Morgan fingerprint density at radius 2 is 2.31 bits per heavy atom. The quantitative estimate of drug-likeness (QED) is 0.751. The normalized spacial score (nSPS) is 20.8. The van der Waals surface area contributed by atoms with E-state index in [-0.39, 0.29) is 0 Å². The minimum Gasteiger partial charge on any atom is -0.346 e. The van der Waals surface area contributed by atoms with Gasteiger partial charge < -0.3 is 10.2 Å². The van der Waals surface area contributed by atoms with E-state index in [2.05, 4.69) is 12.2 Å². The smallest absolute Gasteiger partial charge is 0.222 e. The van der Waals surface area contributed by atoms with Crippen molar-refractivity contribution in [1.82, 2.24) is 10.2 Å². The van der Waals surface area contributed by atoms with E-state index in [1.165, 1.54) is 12.8 Å². The van der Waals surface area contributed by atoms with E-state index in [1.807, 2.05) is 11.9 Å². The van der Waals surface area contributed by atoms with Gasteiger partial charge in [0, 0.05) is 20.0 Å². The summed E-state index contributed by atoms with van der Waals surface area (Å²) >= 11 is 0. The van der Waals surface area contributed by atoms with Crippen molar-refractivity contribution in [3.63, 3.8) is 0 Å². The van der Waals surface area contributed by atoms with Crippen LogP contribution in [0.1, 0.15) is 45.4 Å². The fourth-order valence-corrected chi connectivity index (χ4v) is 2.21. The molecular weight excluding hydrogens is 200 g/mol. The molecule has 3 nitrogen and oxygen atoms in total. The number of carbonyl (C=O) groups is 1. The maximum atomic E-state index is 11.8. The van der Waals surface area contributed by atoms with Crippen LogP contribution in [0.5, 0.6) is 0 Å². The van der Waals surface area contributed by atoms with Gasteiger partial charge in [0.1, 0.15) is 0 Å². The Morgan fingerprint density at radius 3 is 2.94 bits per heavy atom. The molecule has 0 saturated carbocycles. The molecule has 3 heteroatoms. The monoisotopic (exact) mass is 226 g/mol. The fraction of sp³-hybridized carbons (Fsp3) is 0.923. The van der Waals surface area contributed by atoms with E-state index in [1.54, 1.807) is 0 Å². The zero-order chi connectivity index (χ0) is 11.8. The summed E-state index contributed by atoms with van der Waals surface area (Å²) in [6, 6.07) is 0. The highest BCUT2D eigenvalue weighted by Crippen LogP contribution is 2.16. The van der Waals surface area contributed by atoms with E-state index >= 15 is 0 Å². The lowest BCUT2D eigenvalue weighted by atomic mass is 9.94. The van der Waals surface area contributed by atoms with Crippen LogP contribution < -0.4 is 5.32 Å².